The monoisotopic (exact) mass is 527 g/mol. The SMILES string of the molecule is C/C=C/C/C=C(\C)C(O)CC/C(C)=C/C=C(\C)C(=O)c1c(O)cc(C(C)CC/C=C/NC(=O)OC)oc1=O. The Kier molecular flexibility index (Phi) is 14.5. The predicted octanol–water partition coefficient (Wildman–Crippen LogP) is 6.23. The average Bonchev–Trinajstić information content (AvgIpc) is 2.89. The molecule has 0 aliphatic rings. The summed E-state index contributed by atoms with van der Waals surface area (Å²) in [5.41, 5.74) is 0.870. The molecular formula is C30H41NO7. The minimum Gasteiger partial charge on any atom is -0.507 e. The number of rotatable bonds is 14. The molecule has 8 nitrogen and oxygen atoms in total. The topological polar surface area (TPSA) is 126 Å². The highest BCUT2D eigenvalue weighted by molar-refractivity contribution is 6.09. The number of aliphatic hydroxyl groups excluding tert-OH is 1. The first-order chi connectivity index (χ1) is 18.0. The normalized spacial score (nSPS) is 14.7. The maximum atomic E-state index is 12.9. The van der Waals surface area contributed by atoms with Crippen LogP contribution in [0.25, 0.3) is 0 Å². The molecule has 0 bridgehead atoms. The standard InChI is InChI=1S/C30H41NO7/c1-7-8-9-12-21(3)24(32)17-15-20(2)14-16-23(5)28(34)27-25(33)19-26(38-29(27)35)22(4)13-10-11-18-31-30(36)37-6/h7-8,11-12,14,16,18-19,22,24,32-33H,9-10,13,15,17H2,1-6H3,(H,31,36)/b8-7+,18-11+,20-14+,21-12+,23-16+. The number of carbonyl (C=O) groups excluding carboxylic acids is 2. The second kappa shape index (κ2) is 17.0. The van der Waals surface area contributed by atoms with E-state index in [1.165, 1.54) is 19.4 Å². The number of alkyl carbamates (subject to hydrolysis) is 1. The Morgan fingerprint density at radius 3 is 2.50 bits per heavy atom. The highest BCUT2D eigenvalue weighted by Gasteiger charge is 2.22. The van der Waals surface area contributed by atoms with Crippen LogP contribution in [0.5, 0.6) is 5.75 Å². The van der Waals surface area contributed by atoms with Crippen molar-refractivity contribution in [1.29, 1.82) is 0 Å². The molecule has 8 heteroatoms. The zero-order valence-corrected chi connectivity index (χ0v) is 23.2. The largest absolute Gasteiger partial charge is 0.507 e. The summed E-state index contributed by atoms with van der Waals surface area (Å²) in [4.78, 5) is 36.4. The number of ether oxygens (including phenoxy) is 1. The summed E-state index contributed by atoms with van der Waals surface area (Å²) in [5, 5.41) is 23.2. The van der Waals surface area contributed by atoms with Crippen molar-refractivity contribution in [1.82, 2.24) is 5.32 Å². The van der Waals surface area contributed by atoms with Crippen LogP contribution in [0, 0.1) is 0 Å². The van der Waals surface area contributed by atoms with Gasteiger partial charge in [0.1, 0.15) is 17.1 Å². The molecule has 1 rings (SSSR count). The van der Waals surface area contributed by atoms with E-state index in [9.17, 15) is 24.6 Å². The van der Waals surface area contributed by atoms with E-state index in [1.807, 2.05) is 45.9 Å². The fraction of sp³-hybridized carbons (Fsp3) is 0.433. The molecule has 1 aromatic heterocycles. The first-order valence-corrected chi connectivity index (χ1v) is 12.7. The van der Waals surface area contributed by atoms with Crippen LogP contribution in [-0.2, 0) is 4.74 Å². The molecule has 208 valence electrons. The van der Waals surface area contributed by atoms with Crippen molar-refractivity contribution in [3.63, 3.8) is 0 Å². The van der Waals surface area contributed by atoms with E-state index in [4.69, 9.17) is 4.42 Å². The van der Waals surface area contributed by atoms with Gasteiger partial charge in [0.05, 0.1) is 13.2 Å². The number of amides is 1. The predicted molar refractivity (Wildman–Crippen MR) is 149 cm³/mol. The maximum Gasteiger partial charge on any atom is 0.410 e. The number of Topliss-reactive ketones (excluding diaryl/α,β-unsaturated/α-hetero) is 1. The number of aliphatic hydroxyl groups is 1. The average molecular weight is 528 g/mol. The van der Waals surface area contributed by atoms with Crippen LogP contribution < -0.4 is 10.9 Å². The second-order valence-corrected chi connectivity index (χ2v) is 9.21. The lowest BCUT2D eigenvalue weighted by Gasteiger charge is -2.11. The minimum atomic E-state index is -0.892. The van der Waals surface area contributed by atoms with Crippen LogP contribution in [0.1, 0.15) is 88.8 Å². The van der Waals surface area contributed by atoms with Gasteiger partial charge < -0.3 is 19.4 Å². The molecule has 0 spiro atoms. The summed E-state index contributed by atoms with van der Waals surface area (Å²) in [7, 11) is 1.27. The lowest BCUT2D eigenvalue weighted by Crippen LogP contribution is -2.17. The number of allylic oxidation sites excluding steroid dienone is 8. The molecule has 0 aromatic carbocycles. The summed E-state index contributed by atoms with van der Waals surface area (Å²) >= 11 is 0. The van der Waals surface area contributed by atoms with Gasteiger partial charge in [0, 0.05) is 18.2 Å². The zero-order valence-electron chi connectivity index (χ0n) is 23.2. The van der Waals surface area contributed by atoms with Crippen molar-refractivity contribution in [2.45, 2.75) is 78.7 Å². The van der Waals surface area contributed by atoms with Crippen LogP contribution in [0.15, 0.2) is 74.7 Å². The second-order valence-electron chi connectivity index (χ2n) is 9.21. The summed E-state index contributed by atoms with van der Waals surface area (Å²) in [6.07, 6.45) is 14.6. The molecule has 2 atom stereocenters. The van der Waals surface area contributed by atoms with Gasteiger partial charge in [0.2, 0.25) is 0 Å². The van der Waals surface area contributed by atoms with E-state index in [0.717, 1.165) is 17.6 Å². The quantitative estimate of drug-likeness (QED) is 0.113. The fourth-order valence-electron chi connectivity index (χ4n) is 3.45. The van der Waals surface area contributed by atoms with Gasteiger partial charge in [0.15, 0.2) is 5.78 Å². The third kappa shape index (κ3) is 11.2. The molecule has 0 saturated heterocycles. The molecule has 1 aromatic rings. The number of carbonyl (C=O) groups is 2. The number of hydrogen-bond donors (Lipinski definition) is 3. The van der Waals surface area contributed by atoms with E-state index in [1.54, 1.807) is 25.2 Å². The van der Waals surface area contributed by atoms with E-state index in [2.05, 4.69) is 10.1 Å². The molecule has 0 aliphatic carbocycles. The van der Waals surface area contributed by atoms with Gasteiger partial charge in [-0.05, 0) is 70.9 Å². The first-order valence-electron chi connectivity index (χ1n) is 12.7. The van der Waals surface area contributed by atoms with Crippen LogP contribution in [0.3, 0.4) is 0 Å². The van der Waals surface area contributed by atoms with E-state index in [-0.39, 0.29) is 17.3 Å². The summed E-state index contributed by atoms with van der Waals surface area (Å²) in [6.45, 7) is 9.16. The van der Waals surface area contributed by atoms with Crippen molar-refractivity contribution in [3.05, 3.63) is 87.2 Å². The number of methoxy groups -OCH3 is 1. The summed E-state index contributed by atoms with van der Waals surface area (Å²) in [5.74, 6) is -0.976. The van der Waals surface area contributed by atoms with Gasteiger partial charge >= 0.3 is 11.7 Å². The van der Waals surface area contributed by atoms with Crippen LogP contribution in [-0.4, -0.2) is 35.3 Å². The Balaban J connectivity index is 2.82. The Bertz CT molecular complexity index is 1150. The smallest absolute Gasteiger partial charge is 0.410 e. The van der Waals surface area contributed by atoms with Crippen LogP contribution >= 0.6 is 0 Å². The Morgan fingerprint density at radius 1 is 1.16 bits per heavy atom. The van der Waals surface area contributed by atoms with Gasteiger partial charge in [-0.25, -0.2) is 9.59 Å². The minimum absolute atomic E-state index is 0.209. The van der Waals surface area contributed by atoms with E-state index < -0.39 is 34.9 Å². The van der Waals surface area contributed by atoms with Crippen LogP contribution in [0.4, 0.5) is 4.79 Å². The molecule has 0 saturated carbocycles. The van der Waals surface area contributed by atoms with Crippen molar-refractivity contribution >= 4 is 11.9 Å². The molecule has 2 unspecified atom stereocenters. The highest BCUT2D eigenvalue weighted by atomic mass is 16.5. The van der Waals surface area contributed by atoms with Gasteiger partial charge in [-0.2, -0.15) is 0 Å². The first kappa shape index (κ1) is 32.4. The van der Waals surface area contributed by atoms with Crippen molar-refractivity contribution < 1.29 is 29.0 Å². The number of nitrogens with one attached hydrogen (secondary N) is 1. The zero-order chi connectivity index (χ0) is 28.7. The van der Waals surface area contributed by atoms with Gasteiger partial charge in [-0.3, -0.25) is 10.1 Å². The molecular weight excluding hydrogens is 486 g/mol. The summed E-state index contributed by atoms with van der Waals surface area (Å²) < 4.78 is 9.82. The van der Waals surface area contributed by atoms with Crippen molar-refractivity contribution in [3.8, 4) is 5.75 Å². The lowest BCUT2D eigenvalue weighted by atomic mass is 9.99. The fourth-order valence-corrected chi connectivity index (χ4v) is 3.45. The van der Waals surface area contributed by atoms with Gasteiger partial charge in [0.25, 0.3) is 0 Å². The van der Waals surface area contributed by atoms with Crippen LogP contribution in [0.2, 0.25) is 0 Å². The van der Waals surface area contributed by atoms with E-state index >= 15 is 0 Å². The van der Waals surface area contributed by atoms with Crippen molar-refractivity contribution in [2.24, 2.45) is 0 Å². The molecule has 1 heterocycles. The Labute approximate surface area is 225 Å². The molecule has 0 radical (unpaired) electrons. The third-order valence-corrected chi connectivity index (χ3v) is 6.06. The van der Waals surface area contributed by atoms with E-state index in [0.29, 0.717) is 25.7 Å². The van der Waals surface area contributed by atoms with Gasteiger partial charge in [-0.15, -0.1) is 0 Å². The molecule has 38 heavy (non-hydrogen) atoms. The molecule has 3 N–H and O–H groups in total. The number of aromatic hydroxyl groups is 1. The highest BCUT2D eigenvalue weighted by Crippen LogP contribution is 2.26. The lowest BCUT2D eigenvalue weighted by molar-refractivity contribution is 0.102. The Morgan fingerprint density at radius 2 is 1.87 bits per heavy atom. The molecule has 1 amide bonds. The number of ketones is 1. The molecule has 0 fully saturated rings. The maximum absolute atomic E-state index is 12.9. The molecule has 0 aliphatic heterocycles. The Hall–Kier alpha value is -3.65. The summed E-state index contributed by atoms with van der Waals surface area (Å²) in [6, 6.07) is 1.30. The van der Waals surface area contributed by atoms with Gasteiger partial charge in [-0.1, -0.05) is 49.0 Å². The third-order valence-electron chi connectivity index (χ3n) is 6.06. The number of hydrogen-bond acceptors (Lipinski definition) is 7. The van der Waals surface area contributed by atoms with Crippen molar-refractivity contribution in [2.75, 3.05) is 7.11 Å².